The summed E-state index contributed by atoms with van der Waals surface area (Å²) in [5, 5.41) is 0. The average molecular weight is 210 g/mol. The molecule has 2 rings (SSSR count). The van der Waals surface area contributed by atoms with Gasteiger partial charge in [0.15, 0.2) is 0 Å². The number of carbonyl (C=O) groups excluding carboxylic acids is 2. The highest BCUT2D eigenvalue weighted by molar-refractivity contribution is 5.84. The maximum absolute atomic E-state index is 11.8. The summed E-state index contributed by atoms with van der Waals surface area (Å²) in [6.45, 7) is 3.90. The molecular formula is C12H18O3. The number of hydrogen-bond donors (Lipinski definition) is 0. The number of hydrogen-bond acceptors (Lipinski definition) is 3. The lowest BCUT2D eigenvalue weighted by molar-refractivity contribution is -0.151. The monoisotopic (exact) mass is 210 g/mol. The fourth-order valence-corrected chi connectivity index (χ4v) is 2.63. The predicted octanol–water partition coefficient (Wildman–Crippen LogP) is 1.94. The van der Waals surface area contributed by atoms with Gasteiger partial charge in [0.05, 0.1) is 5.92 Å². The summed E-state index contributed by atoms with van der Waals surface area (Å²) in [6.07, 6.45) is 5.29. The van der Waals surface area contributed by atoms with Crippen LogP contribution in [0.5, 0.6) is 0 Å². The molecule has 0 amide bonds. The van der Waals surface area contributed by atoms with Crippen molar-refractivity contribution in [2.45, 2.75) is 45.6 Å². The maximum atomic E-state index is 11.8. The van der Waals surface area contributed by atoms with E-state index in [4.69, 9.17) is 4.74 Å². The Bertz CT molecular complexity index is 277. The van der Waals surface area contributed by atoms with Crippen LogP contribution < -0.4 is 0 Å². The molecule has 0 aromatic carbocycles. The van der Waals surface area contributed by atoms with Gasteiger partial charge in [0.25, 0.3) is 0 Å². The van der Waals surface area contributed by atoms with Crippen molar-refractivity contribution in [2.75, 3.05) is 0 Å². The Labute approximate surface area is 90.2 Å². The fourth-order valence-electron chi connectivity index (χ4n) is 2.63. The van der Waals surface area contributed by atoms with Crippen molar-refractivity contribution in [3.63, 3.8) is 0 Å². The van der Waals surface area contributed by atoms with Gasteiger partial charge in [-0.1, -0.05) is 13.8 Å². The van der Waals surface area contributed by atoms with E-state index in [0.717, 1.165) is 32.0 Å². The van der Waals surface area contributed by atoms with E-state index >= 15 is 0 Å². The zero-order valence-electron chi connectivity index (χ0n) is 9.36. The van der Waals surface area contributed by atoms with Crippen LogP contribution in [0.15, 0.2) is 0 Å². The highest BCUT2D eigenvalue weighted by Crippen LogP contribution is 2.57. The van der Waals surface area contributed by atoms with E-state index in [0.29, 0.717) is 0 Å². The van der Waals surface area contributed by atoms with E-state index in [-0.39, 0.29) is 29.3 Å². The van der Waals surface area contributed by atoms with Gasteiger partial charge in [-0.15, -0.1) is 0 Å². The molecule has 0 bridgehead atoms. The number of aldehydes is 1. The van der Waals surface area contributed by atoms with Gasteiger partial charge in [0.1, 0.15) is 12.4 Å². The van der Waals surface area contributed by atoms with E-state index in [9.17, 15) is 9.59 Å². The lowest BCUT2D eigenvalue weighted by Gasteiger charge is -2.11. The standard InChI is InChI=1S/C12H18O3/c1-12(2)9(7-13)10(12)11(14)15-8-5-3-4-6-8/h7-10H,3-6H2,1-2H3/t9-,10+/m1/s1. The molecule has 2 fully saturated rings. The molecule has 0 spiro atoms. The smallest absolute Gasteiger partial charge is 0.310 e. The van der Waals surface area contributed by atoms with Gasteiger partial charge in [0.2, 0.25) is 0 Å². The lowest BCUT2D eigenvalue weighted by atomic mass is 10.1. The van der Waals surface area contributed by atoms with E-state index in [1.54, 1.807) is 0 Å². The highest BCUT2D eigenvalue weighted by atomic mass is 16.5. The number of esters is 1. The Morgan fingerprint density at radius 3 is 2.40 bits per heavy atom. The molecule has 0 heterocycles. The molecular weight excluding hydrogens is 192 g/mol. The molecule has 84 valence electrons. The third kappa shape index (κ3) is 1.80. The Kier molecular flexibility index (Phi) is 2.57. The van der Waals surface area contributed by atoms with Crippen molar-refractivity contribution in [2.24, 2.45) is 17.3 Å². The van der Waals surface area contributed by atoms with Gasteiger partial charge in [-0.25, -0.2) is 0 Å². The third-order valence-electron chi connectivity index (χ3n) is 3.90. The van der Waals surface area contributed by atoms with Crippen LogP contribution >= 0.6 is 0 Å². The molecule has 3 nitrogen and oxygen atoms in total. The first-order valence-corrected chi connectivity index (χ1v) is 5.73. The summed E-state index contributed by atoms with van der Waals surface area (Å²) in [5.74, 6) is -0.494. The molecule has 0 aromatic heterocycles. The van der Waals surface area contributed by atoms with Crippen LogP contribution in [0.25, 0.3) is 0 Å². The molecule has 0 saturated heterocycles. The summed E-state index contributed by atoms with van der Waals surface area (Å²) >= 11 is 0. The molecule has 0 aliphatic heterocycles. The molecule has 2 saturated carbocycles. The number of carbonyl (C=O) groups is 2. The first-order chi connectivity index (χ1) is 7.07. The second kappa shape index (κ2) is 3.62. The van der Waals surface area contributed by atoms with Crippen molar-refractivity contribution in [3.05, 3.63) is 0 Å². The summed E-state index contributed by atoms with van der Waals surface area (Å²) in [5.41, 5.74) is -0.183. The van der Waals surface area contributed by atoms with Gasteiger partial charge >= 0.3 is 5.97 Å². The lowest BCUT2D eigenvalue weighted by Crippen LogP contribution is -2.18. The first kappa shape index (κ1) is 10.7. The van der Waals surface area contributed by atoms with Gasteiger partial charge in [0, 0.05) is 5.92 Å². The molecule has 15 heavy (non-hydrogen) atoms. The quantitative estimate of drug-likeness (QED) is 0.528. The van der Waals surface area contributed by atoms with Crippen LogP contribution in [-0.2, 0) is 14.3 Å². The largest absolute Gasteiger partial charge is 0.462 e. The van der Waals surface area contributed by atoms with Crippen LogP contribution in [0.2, 0.25) is 0 Å². The first-order valence-electron chi connectivity index (χ1n) is 5.73. The van der Waals surface area contributed by atoms with Crippen LogP contribution in [0.3, 0.4) is 0 Å². The Morgan fingerprint density at radius 2 is 1.93 bits per heavy atom. The van der Waals surface area contributed by atoms with Crippen molar-refractivity contribution < 1.29 is 14.3 Å². The summed E-state index contributed by atoms with van der Waals surface area (Å²) in [6, 6.07) is 0. The van der Waals surface area contributed by atoms with E-state index in [1.165, 1.54) is 0 Å². The van der Waals surface area contributed by atoms with Gasteiger partial charge in [-0.05, 0) is 31.1 Å². The Balaban J connectivity index is 1.89. The molecule has 2 atom stereocenters. The normalized spacial score (nSPS) is 33.7. The summed E-state index contributed by atoms with van der Waals surface area (Å²) < 4.78 is 5.41. The maximum Gasteiger partial charge on any atom is 0.310 e. The van der Waals surface area contributed by atoms with Crippen LogP contribution in [0, 0.1) is 17.3 Å². The topological polar surface area (TPSA) is 43.4 Å². The van der Waals surface area contributed by atoms with Crippen molar-refractivity contribution in [1.82, 2.24) is 0 Å². The van der Waals surface area contributed by atoms with Crippen molar-refractivity contribution in [3.8, 4) is 0 Å². The average Bonchev–Trinajstić information content (AvgIpc) is 2.56. The van der Waals surface area contributed by atoms with Crippen LogP contribution in [0.4, 0.5) is 0 Å². The minimum absolute atomic E-state index is 0.112. The van der Waals surface area contributed by atoms with Crippen LogP contribution in [0.1, 0.15) is 39.5 Å². The Morgan fingerprint density at radius 1 is 1.33 bits per heavy atom. The molecule has 3 heteroatoms. The van der Waals surface area contributed by atoms with Crippen LogP contribution in [-0.4, -0.2) is 18.4 Å². The number of ether oxygens (including phenoxy) is 1. The second-order valence-electron chi connectivity index (χ2n) is 5.30. The van der Waals surface area contributed by atoms with Crippen molar-refractivity contribution in [1.29, 1.82) is 0 Å². The molecule has 2 aliphatic rings. The molecule has 2 aliphatic carbocycles. The van der Waals surface area contributed by atoms with E-state index in [1.807, 2.05) is 13.8 Å². The predicted molar refractivity (Wildman–Crippen MR) is 55.2 cm³/mol. The van der Waals surface area contributed by atoms with E-state index in [2.05, 4.69) is 0 Å². The third-order valence-corrected chi connectivity index (χ3v) is 3.90. The van der Waals surface area contributed by atoms with Crippen molar-refractivity contribution >= 4 is 12.3 Å². The molecule has 0 radical (unpaired) electrons. The highest BCUT2D eigenvalue weighted by Gasteiger charge is 2.63. The minimum atomic E-state index is -0.199. The second-order valence-corrected chi connectivity index (χ2v) is 5.30. The fraction of sp³-hybridized carbons (Fsp3) is 0.833. The number of rotatable bonds is 3. The van der Waals surface area contributed by atoms with Gasteiger partial charge in [-0.3, -0.25) is 4.79 Å². The summed E-state index contributed by atoms with van der Waals surface area (Å²) in [4.78, 5) is 22.5. The minimum Gasteiger partial charge on any atom is -0.462 e. The zero-order chi connectivity index (χ0) is 11.1. The summed E-state index contributed by atoms with van der Waals surface area (Å²) in [7, 11) is 0. The van der Waals surface area contributed by atoms with E-state index < -0.39 is 0 Å². The SMILES string of the molecule is CC1(C)[C@H](C=O)[C@H]1C(=O)OC1CCCC1. The molecule has 0 aromatic rings. The Hall–Kier alpha value is -0.860. The zero-order valence-corrected chi connectivity index (χ0v) is 9.36. The molecule has 0 unspecified atom stereocenters. The van der Waals surface area contributed by atoms with Gasteiger partial charge < -0.3 is 9.53 Å². The molecule has 0 N–H and O–H groups in total. The van der Waals surface area contributed by atoms with Gasteiger partial charge in [-0.2, -0.15) is 0 Å².